The van der Waals surface area contributed by atoms with E-state index in [1.54, 1.807) is 22.7 Å². The van der Waals surface area contributed by atoms with Gasteiger partial charge in [-0.25, -0.2) is 0 Å². The topological polar surface area (TPSA) is 46.9 Å². The Morgan fingerprint density at radius 1 is 1.22 bits per heavy atom. The standard InChI is InChI=1S/C17H19N3OS2/c1-12-17(15-4-8-23-11-15)13(2)20(19-12)6-5-18-16(21)9-14-3-7-22-10-14/h3-4,7-8,10-11H,5-6,9H2,1-2H3,(H,18,21). The summed E-state index contributed by atoms with van der Waals surface area (Å²) >= 11 is 3.31. The Labute approximate surface area is 143 Å². The SMILES string of the molecule is Cc1nn(CCNC(=O)Cc2ccsc2)c(C)c1-c1ccsc1. The van der Waals surface area contributed by atoms with Gasteiger partial charge in [-0.1, -0.05) is 0 Å². The second-order valence-electron chi connectivity index (χ2n) is 5.44. The van der Waals surface area contributed by atoms with E-state index in [2.05, 4.69) is 34.2 Å². The van der Waals surface area contributed by atoms with Crippen LogP contribution >= 0.6 is 22.7 Å². The average Bonchev–Trinajstić information content (AvgIpc) is 3.23. The molecule has 0 aliphatic heterocycles. The van der Waals surface area contributed by atoms with Crippen molar-refractivity contribution in [2.75, 3.05) is 6.54 Å². The van der Waals surface area contributed by atoms with Crippen LogP contribution in [0.15, 0.2) is 33.7 Å². The molecule has 0 saturated carbocycles. The average molecular weight is 345 g/mol. The maximum atomic E-state index is 11.9. The summed E-state index contributed by atoms with van der Waals surface area (Å²) in [7, 11) is 0. The summed E-state index contributed by atoms with van der Waals surface area (Å²) < 4.78 is 1.98. The zero-order valence-corrected chi connectivity index (χ0v) is 14.8. The van der Waals surface area contributed by atoms with Crippen LogP contribution in [-0.4, -0.2) is 22.2 Å². The molecule has 0 bridgehead atoms. The Morgan fingerprint density at radius 2 is 2.00 bits per heavy atom. The molecule has 1 amide bonds. The molecule has 3 heterocycles. The predicted octanol–water partition coefficient (Wildman–Crippen LogP) is 3.65. The summed E-state index contributed by atoms with van der Waals surface area (Å²) in [6.45, 7) is 5.39. The monoisotopic (exact) mass is 345 g/mol. The number of nitrogens with one attached hydrogen (secondary N) is 1. The van der Waals surface area contributed by atoms with Crippen molar-refractivity contribution in [3.8, 4) is 11.1 Å². The molecule has 0 radical (unpaired) electrons. The van der Waals surface area contributed by atoms with Crippen molar-refractivity contribution in [3.63, 3.8) is 0 Å². The first-order valence-corrected chi connectivity index (χ1v) is 9.38. The Morgan fingerprint density at radius 3 is 2.70 bits per heavy atom. The fourth-order valence-corrected chi connectivity index (χ4v) is 4.00. The highest BCUT2D eigenvalue weighted by molar-refractivity contribution is 7.08. The molecule has 0 unspecified atom stereocenters. The van der Waals surface area contributed by atoms with E-state index in [-0.39, 0.29) is 5.91 Å². The van der Waals surface area contributed by atoms with Gasteiger partial charge in [0.1, 0.15) is 0 Å². The van der Waals surface area contributed by atoms with Crippen molar-refractivity contribution in [1.82, 2.24) is 15.1 Å². The van der Waals surface area contributed by atoms with Gasteiger partial charge in [0.15, 0.2) is 0 Å². The molecule has 120 valence electrons. The number of nitrogens with zero attached hydrogens (tertiary/aromatic N) is 2. The Hall–Kier alpha value is -1.92. The zero-order valence-electron chi connectivity index (χ0n) is 13.2. The maximum absolute atomic E-state index is 11.9. The highest BCUT2D eigenvalue weighted by atomic mass is 32.1. The van der Waals surface area contributed by atoms with Crippen LogP contribution in [0.3, 0.4) is 0 Å². The minimum absolute atomic E-state index is 0.0583. The van der Waals surface area contributed by atoms with Gasteiger partial charge in [-0.3, -0.25) is 9.48 Å². The van der Waals surface area contributed by atoms with Crippen LogP contribution < -0.4 is 5.32 Å². The molecule has 0 aromatic carbocycles. The van der Waals surface area contributed by atoms with Crippen molar-refractivity contribution >= 4 is 28.6 Å². The smallest absolute Gasteiger partial charge is 0.224 e. The van der Waals surface area contributed by atoms with Crippen molar-refractivity contribution in [2.45, 2.75) is 26.8 Å². The summed E-state index contributed by atoms with van der Waals surface area (Å²) in [5, 5.41) is 15.8. The minimum Gasteiger partial charge on any atom is -0.354 e. The zero-order chi connectivity index (χ0) is 16.2. The normalized spacial score (nSPS) is 10.9. The molecule has 23 heavy (non-hydrogen) atoms. The number of rotatable bonds is 6. The van der Waals surface area contributed by atoms with Crippen molar-refractivity contribution in [2.24, 2.45) is 0 Å². The quantitative estimate of drug-likeness (QED) is 0.741. The lowest BCUT2D eigenvalue weighted by atomic mass is 10.1. The molecule has 6 heteroatoms. The van der Waals surface area contributed by atoms with Gasteiger partial charge in [-0.15, -0.1) is 0 Å². The molecule has 0 fully saturated rings. The van der Waals surface area contributed by atoms with Crippen molar-refractivity contribution in [1.29, 1.82) is 0 Å². The number of aromatic nitrogens is 2. The number of thiophene rings is 2. The largest absolute Gasteiger partial charge is 0.354 e. The lowest BCUT2D eigenvalue weighted by Gasteiger charge is -2.07. The van der Waals surface area contributed by atoms with Crippen molar-refractivity contribution < 1.29 is 4.79 Å². The van der Waals surface area contributed by atoms with E-state index in [0.717, 1.165) is 17.0 Å². The fraction of sp³-hybridized carbons (Fsp3) is 0.294. The number of hydrogen-bond acceptors (Lipinski definition) is 4. The molecule has 3 aromatic rings. The van der Waals surface area contributed by atoms with Crippen LogP contribution in [0.1, 0.15) is 17.0 Å². The second kappa shape index (κ2) is 7.10. The highest BCUT2D eigenvalue weighted by Crippen LogP contribution is 2.28. The molecule has 1 N–H and O–H groups in total. The molecule has 0 saturated heterocycles. The Bertz CT molecular complexity index is 773. The maximum Gasteiger partial charge on any atom is 0.224 e. The predicted molar refractivity (Wildman–Crippen MR) is 96.0 cm³/mol. The van der Waals surface area contributed by atoms with Crippen LogP contribution in [0, 0.1) is 13.8 Å². The van der Waals surface area contributed by atoms with Gasteiger partial charge in [-0.05, 0) is 58.6 Å². The van der Waals surface area contributed by atoms with Crippen LogP contribution in [0.5, 0.6) is 0 Å². The third kappa shape index (κ3) is 3.71. The van der Waals surface area contributed by atoms with E-state index < -0.39 is 0 Å². The molecule has 0 spiro atoms. The first-order chi connectivity index (χ1) is 11.1. The molecule has 3 rings (SSSR count). The molecule has 4 nitrogen and oxygen atoms in total. The third-order valence-corrected chi connectivity index (χ3v) is 5.20. The van der Waals surface area contributed by atoms with Crippen LogP contribution in [-0.2, 0) is 17.8 Å². The molecule has 0 atom stereocenters. The number of aryl methyl sites for hydroxylation is 1. The van der Waals surface area contributed by atoms with E-state index in [9.17, 15) is 4.79 Å². The van der Waals surface area contributed by atoms with Crippen LogP contribution in [0.2, 0.25) is 0 Å². The van der Waals surface area contributed by atoms with E-state index in [1.807, 2.05) is 28.4 Å². The lowest BCUT2D eigenvalue weighted by Crippen LogP contribution is -2.29. The van der Waals surface area contributed by atoms with Gasteiger partial charge in [0.05, 0.1) is 18.7 Å². The van der Waals surface area contributed by atoms with Crippen LogP contribution in [0.25, 0.3) is 11.1 Å². The number of amides is 1. The van der Waals surface area contributed by atoms with Crippen LogP contribution in [0.4, 0.5) is 0 Å². The van der Waals surface area contributed by atoms with Gasteiger partial charge in [0.25, 0.3) is 0 Å². The molecule has 0 aliphatic rings. The summed E-state index contributed by atoms with van der Waals surface area (Å²) in [6, 6.07) is 4.10. The van der Waals surface area contributed by atoms with Crippen molar-refractivity contribution in [3.05, 3.63) is 50.6 Å². The number of hydrogen-bond donors (Lipinski definition) is 1. The van der Waals surface area contributed by atoms with E-state index in [0.29, 0.717) is 19.5 Å². The molecular weight excluding hydrogens is 326 g/mol. The highest BCUT2D eigenvalue weighted by Gasteiger charge is 2.13. The first kappa shape index (κ1) is 16.0. The fourth-order valence-electron chi connectivity index (χ4n) is 2.68. The Balaban J connectivity index is 1.59. The van der Waals surface area contributed by atoms with E-state index in [4.69, 9.17) is 0 Å². The summed E-state index contributed by atoms with van der Waals surface area (Å²) in [5.74, 6) is 0.0583. The number of carbonyl (C=O) groups excluding carboxylic acids is 1. The Kier molecular flexibility index (Phi) is 4.93. The minimum atomic E-state index is 0.0583. The van der Waals surface area contributed by atoms with E-state index in [1.165, 1.54) is 11.1 Å². The van der Waals surface area contributed by atoms with Gasteiger partial charge in [0, 0.05) is 17.8 Å². The third-order valence-electron chi connectivity index (χ3n) is 3.78. The van der Waals surface area contributed by atoms with Gasteiger partial charge in [0.2, 0.25) is 5.91 Å². The van der Waals surface area contributed by atoms with E-state index >= 15 is 0 Å². The van der Waals surface area contributed by atoms with Gasteiger partial charge >= 0.3 is 0 Å². The van der Waals surface area contributed by atoms with Gasteiger partial charge in [-0.2, -0.15) is 27.8 Å². The first-order valence-electron chi connectivity index (χ1n) is 7.49. The number of carbonyl (C=O) groups is 1. The summed E-state index contributed by atoms with van der Waals surface area (Å²) in [6.07, 6.45) is 0.445. The molecular formula is C17H19N3OS2. The summed E-state index contributed by atoms with van der Waals surface area (Å²) in [5.41, 5.74) is 5.67. The second-order valence-corrected chi connectivity index (χ2v) is 7.00. The summed E-state index contributed by atoms with van der Waals surface area (Å²) in [4.78, 5) is 11.9. The molecule has 3 aromatic heterocycles. The van der Waals surface area contributed by atoms with Gasteiger partial charge < -0.3 is 5.32 Å². The molecule has 0 aliphatic carbocycles. The lowest BCUT2D eigenvalue weighted by molar-refractivity contribution is -0.120.